The molecule has 0 aromatic heterocycles. The molecule has 0 fully saturated rings. The van der Waals surface area contributed by atoms with E-state index >= 15 is 0 Å². The van der Waals surface area contributed by atoms with Crippen molar-refractivity contribution in [2.75, 3.05) is 0 Å². The summed E-state index contributed by atoms with van der Waals surface area (Å²) in [6.07, 6.45) is -4.86. The molecule has 1 heterocycles. The molecule has 0 saturated heterocycles. The summed E-state index contributed by atoms with van der Waals surface area (Å²) in [6, 6.07) is 13.9. The van der Waals surface area contributed by atoms with Gasteiger partial charge in [-0.1, -0.05) is 42.5 Å². The Kier molecular flexibility index (Phi) is 6.53. The molecule has 2 aromatic rings. The highest BCUT2D eigenvalue weighted by Crippen LogP contribution is 2.39. The van der Waals surface area contributed by atoms with Crippen LogP contribution in [-0.4, -0.2) is 22.9 Å². The van der Waals surface area contributed by atoms with Crippen molar-refractivity contribution in [3.8, 4) is 0 Å². The van der Waals surface area contributed by atoms with Crippen LogP contribution in [0, 0.1) is 0 Å². The largest absolute Gasteiger partial charge is 0.460 e. The molecule has 0 radical (unpaired) electrons. The molecule has 1 amide bonds. The molecule has 164 valence electrons. The number of hydrogen-bond acceptors (Lipinski definition) is 3. The van der Waals surface area contributed by atoms with Crippen LogP contribution < -0.4 is 0 Å². The van der Waals surface area contributed by atoms with Crippen LogP contribution in [0.3, 0.4) is 0 Å². The molecule has 4 nitrogen and oxygen atoms in total. The van der Waals surface area contributed by atoms with Crippen molar-refractivity contribution < 1.29 is 27.5 Å². The number of alkyl halides is 3. The molecule has 0 unspecified atom stereocenters. The number of halogens is 3. The molecule has 1 aliphatic heterocycles. The lowest BCUT2D eigenvalue weighted by molar-refractivity contribution is -0.144. The van der Waals surface area contributed by atoms with Crippen molar-refractivity contribution in [1.82, 2.24) is 4.90 Å². The Morgan fingerprint density at radius 3 is 2.26 bits per heavy atom. The first kappa shape index (κ1) is 22.6. The van der Waals surface area contributed by atoms with Gasteiger partial charge in [0.1, 0.15) is 0 Å². The Hall–Kier alpha value is -3.09. The Morgan fingerprint density at radius 1 is 1.10 bits per heavy atom. The Labute approximate surface area is 179 Å². The second-order valence-electron chi connectivity index (χ2n) is 7.80. The standard InChI is InChI=1S/C24H24F3NO3/c1-15(2)31-23(30)22-16(3)28(14-17-7-5-4-6-8-17)21(29)13-20(22)18-9-11-19(12-10-18)24(25,26)27/h4-12,15,20H,13-14H2,1-3H3/t20-/m1/s1. The number of esters is 1. The van der Waals surface area contributed by atoms with E-state index in [4.69, 9.17) is 4.74 Å². The van der Waals surface area contributed by atoms with E-state index in [-0.39, 0.29) is 18.4 Å². The van der Waals surface area contributed by atoms with Crippen LogP contribution in [-0.2, 0) is 27.0 Å². The number of benzene rings is 2. The summed E-state index contributed by atoms with van der Waals surface area (Å²) in [4.78, 5) is 27.4. The Bertz CT molecular complexity index is 979. The Balaban J connectivity index is 2.02. The lowest BCUT2D eigenvalue weighted by Gasteiger charge is -2.35. The van der Waals surface area contributed by atoms with E-state index < -0.39 is 23.6 Å². The molecular formula is C24H24F3NO3. The maximum Gasteiger partial charge on any atom is 0.416 e. The smallest absolute Gasteiger partial charge is 0.416 e. The van der Waals surface area contributed by atoms with Crippen molar-refractivity contribution in [1.29, 1.82) is 0 Å². The van der Waals surface area contributed by atoms with Crippen LogP contribution in [0.25, 0.3) is 0 Å². The number of ether oxygens (including phenoxy) is 1. The highest BCUT2D eigenvalue weighted by atomic mass is 19.4. The van der Waals surface area contributed by atoms with Gasteiger partial charge in [-0.25, -0.2) is 4.79 Å². The van der Waals surface area contributed by atoms with E-state index in [1.54, 1.807) is 20.8 Å². The fourth-order valence-corrected chi connectivity index (χ4v) is 3.70. The van der Waals surface area contributed by atoms with Gasteiger partial charge >= 0.3 is 12.1 Å². The highest BCUT2D eigenvalue weighted by Gasteiger charge is 2.38. The number of amides is 1. The second kappa shape index (κ2) is 8.96. The summed E-state index contributed by atoms with van der Waals surface area (Å²) >= 11 is 0. The molecule has 3 rings (SSSR count). The van der Waals surface area contributed by atoms with Crippen LogP contribution in [0.4, 0.5) is 13.2 Å². The van der Waals surface area contributed by atoms with Crippen molar-refractivity contribution in [3.63, 3.8) is 0 Å². The summed E-state index contributed by atoms with van der Waals surface area (Å²) in [7, 11) is 0. The fourth-order valence-electron chi connectivity index (χ4n) is 3.70. The molecule has 0 N–H and O–H groups in total. The monoisotopic (exact) mass is 431 g/mol. The average molecular weight is 431 g/mol. The molecule has 0 saturated carbocycles. The van der Waals surface area contributed by atoms with Crippen LogP contribution in [0.2, 0.25) is 0 Å². The summed E-state index contributed by atoms with van der Waals surface area (Å²) in [5.74, 6) is -1.44. The zero-order valence-electron chi connectivity index (χ0n) is 17.6. The van der Waals surface area contributed by atoms with Gasteiger partial charge in [0.05, 0.1) is 23.8 Å². The van der Waals surface area contributed by atoms with Crippen molar-refractivity contribution in [3.05, 3.63) is 82.6 Å². The molecule has 1 atom stereocenters. The predicted molar refractivity (Wildman–Crippen MR) is 110 cm³/mol. The van der Waals surface area contributed by atoms with E-state index in [1.165, 1.54) is 17.0 Å². The fraction of sp³-hybridized carbons (Fsp3) is 0.333. The Morgan fingerprint density at radius 2 is 1.71 bits per heavy atom. The van der Waals surface area contributed by atoms with E-state index in [9.17, 15) is 22.8 Å². The van der Waals surface area contributed by atoms with Crippen LogP contribution in [0.5, 0.6) is 0 Å². The quantitative estimate of drug-likeness (QED) is 0.592. The number of carbonyl (C=O) groups is 2. The zero-order valence-corrected chi connectivity index (χ0v) is 17.6. The van der Waals surface area contributed by atoms with Crippen LogP contribution in [0.15, 0.2) is 65.9 Å². The van der Waals surface area contributed by atoms with Crippen molar-refractivity contribution in [2.24, 2.45) is 0 Å². The van der Waals surface area contributed by atoms with Gasteiger partial charge in [0.15, 0.2) is 0 Å². The first-order valence-electron chi connectivity index (χ1n) is 10.0. The SMILES string of the molecule is CC1=C(C(=O)OC(C)C)[C@@H](c2ccc(C(F)(F)F)cc2)CC(=O)N1Cc1ccccc1. The molecule has 0 spiro atoms. The van der Waals surface area contributed by atoms with Gasteiger partial charge in [0.25, 0.3) is 0 Å². The van der Waals surface area contributed by atoms with Crippen LogP contribution in [0.1, 0.15) is 49.8 Å². The molecular weight excluding hydrogens is 407 g/mol. The summed E-state index contributed by atoms with van der Waals surface area (Å²) in [5.41, 5.74) is 1.34. The second-order valence-corrected chi connectivity index (χ2v) is 7.80. The minimum absolute atomic E-state index is 0.0297. The lowest BCUT2D eigenvalue weighted by Crippen LogP contribution is -2.38. The third kappa shape index (κ3) is 5.16. The van der Waals surface area contributed by atoms with Crippen LogP contribution >= 0.6 is 0 Å². The average Bonchev–Trinajstić information content (AvgIpc) is 2.70. The molecule has 2 aromatic carbocycles. The van der Waals surface area contributed by atoms with Crippen molar-refractivity contribution >= 4 is 11.9 Å². The van der Waals surface area contributed by atoms with Gasteiger partial charge in [-0.05, 0) is 44.0 Å². The van der Waals surface area contributed by atoms with Gasteiger partial charge in [-0.15, -0.1) is 0 Å². The lowest BCUT2D eigenvalue weighted by atomic mass is 9.83. The van der Waals surface area contributed by atoms with Gasteiger partial charge < -0.3 is 9.64 Å². The first-order valence-corrected chi connectivity index (χ1v) is 10.0. The van der Waals surface area contributed by atoms with Crippen molar-refractivity contribution in [2.45, 2.75) is 51.9 Å². The van der Waals surface area contributed by atoms with E-state index in [0.717, 1.165) is 17.7 Å². The summed E-state index contributed by atoms with van der Waals surface area (Å²) in [6.45, 7) is 5.41. The minimum Gasteiger partial charge on any atom is -0.460 e. The van der Waals surface area contributed by atoms with Gasteiger partial charge in [-0.2, -0.15) is 13.2 Å². The highest BCUT2D eigenvalue weighted by molar-refractivity contribution is 5.96. The molecule has 0 bridgehead atoms. The van der Waals surface area contributed by atoms with E-state index in [1.807, 2.05) is 30.3 Å². The summed E-state index contributed by atoms with van der Waals surface area (Å²) < 4.78 is 44.3. The maximum atomic E-state index is 13.0. The zero-order chi connectivity index (χ0) is 22.8. The molecule has 7 heteroatoms. The number of rotatable bonds is 5. The van der Waals surface area contributed by atoms with E-state index in [0.29, 0.717) is 23.4 Å². The third-order valence-electron chi connectivity index (χ3n) is 5.21. The van der Waals surface area contributed by atoms with Gasteiger partial charge in [0.2, 0.25) is 5.91 Å². The number of nitrogens with zero attached hydrogens (tertiary/aromatic N) is 1. The maximum absolute atomic E-state index is 13.0. The summed E-state index contributed by atoms with van der Waals surface area (Å²) in [5, 5.41) is 0. The van der Waals surface area contributed by atoms with E-state index in [2.05, 4.69) is 0 Å². The first-order chi connectivity index (χ1) is 14.6. The number of hydrogen-bond donors (Lipinski definition) is 0. The van der Waals surface area contributed by atoms with Gasteiger partial charge in [-0.3, -0.25) is 4.79 Å². The normalized spacial score (nSPS) is 17.3. The van der Waals surface area contributed by atoms with Gasteiger partial charge in [0, 0.05) is 18.0 Å². The molecule has 1 aliphatic rings. The third-order valence-corrected chi connectivity index (χ3v) is 5.21. The topological polar surface area (TPSA) is 46.6 Å². The predicted octanol–water partition coefficient (Wildman–Crippen LogP) is 5.45. The minimum atomic E-state index is -4.46. The number of carbonyl (C=O) groups excluding carboxylic acids is 2. The molecule has 0 aliphatic carbocycles. The number of allylic oxidation sites excluding steroid dienone is 1. The molecule has 31 heavy (non-hydrogen) atoms.